The van der Waals surface area contributed by atoms with E-state index < -0.39 is 12.0 Å². The van der Waals surface area contributed by atoms with Crippen LogP contribution in [0.4, 0.5) is 10.8 Å². The molecule has 0 fully saturated rings. The Kier molecular flexibility index (Phi) is 4.26. The van der Waals surface area contributed by atoms with Crippen molar-refractivity contribution in [1.82, 2.24) is 4.98 Å². The van der Waals surface area contributed by atoms with Gasteiger partial charge in [-0.1, -0.05) is 23.2 Å². The number of aliphatic carboxylic acids is 1. The molecule has 0 saturated carbocycles. The molecule has 8 heteroatoms. The number of carboxylic acid groups (broad SMARTS) is 1. The number of benzene rings is 1. The van der Waals surface area contributed by atoms with Crippen molar-refractivity contribution in [3.05, 3.63) is 39.3 Å². The summed E-state index contributed by atoms with van der Waals surface area (Å²) < 4.78 is 0. The summed E-state index contributed by atoms with van der Waals surface area (Å²) in [6, 6.07) is 3.93. The van der Waals surface area contributed by atoms with Gasteiger partial charge < -0.3 is 16.2 Å². The van der Waals surface area contributed by atoms with Crippen molar-refractivity contribution in [3.8, 4) is 0 Å². The molecule has 0 aliphatic carbocycles. The highest BCUT2D eigenvalue weighted by Gasteiger charge is 2.17. The molecular weight excluding hydrogens is 309 g/mol. The van der Waals surface area contributed by atoms with Crippen LogP contribution >= 0.6 is 34.5 Å². The summed E-state index contributed by atoms with van der Waals surface area (Å²) in [7, 11) is 0. The minimum atomic E-state index is -1.12. The first-order valence-corrected chi connectivity index (χ1v) is 6.77. The van der Waals surface area contributed by atoms with Crippen molar-refractivity contribution >= 4 is 51.3 Å². The number of rotatable bonds is 4. The van der Waals surface area contributed by atoms with Crippen LogP contribution in [0.3, 0.4) is 0 Å². The Labute approximate surface area is 123 Å². The summed E-state index contributed by atoms with van der Waals surface area (Å²) in [5.41, 5.74) is 6.48. The van der Waals surface area contributed by atoms with E-state index >= 15 is 0 Å². The standard InChI is InChI=1S/C11H9Cl2N3O2S/c12-6-2-1-5(3-7(6)13)15-11-16-8(4-19-11)9(14)10(17)18/h1-4,9H,14H2,(H,15,16)(H,17,18). The highest BCUT2D eigenvalue weighted by molar-refractivity contribution is 7.13. The Morgan fingerprint density at radius 3 is 2.79 bits per heavy atom. The number of thiazole rings is 1. The Bertz CT molecular complexity index is 618. The second-order valence-corrected chi connectivity index (χ2v) is 5.32. The van der Waals surface area contributed by atoms with Gasteiger partial charge >= 0.3 is 5.97 Å². The molecule has 2 aromatic rings. The van der Waals surface area contributed by atoms with Gasteiger partial charge in [-0.25, -0.2) is 4.98 Å². The van der Waals surface area contributed by atoms with Gasteiger partial charge in [-0.15, -0.1) is 11.3 Å². The van der Waals surface area contributed by atoms with Gasteiger partial charge in [-0.3, -0.25) is 4.79 Å². The Morgan fingerprint density at radius 1 is 1.42 bits per heavy atom. The molecule has 0 aliphatic rings. The fourth-order valence-corrected chi connectivity index (χ4v) is 2.37. The largest absolute Gasteiger partial charge is 0.480 e. The van der Waals surface area contributed by atoms with Crippen LogP contribution in [-0.4, -0.2) is 16.1 Å². The van der Waals surface area contributed by atoms with Crippen molar-refractivity contribution in [2.45, 2.75) is 6.04 Å². The van der Waals surface area contributed by atoms with Gasteiger partial charge in [-0.05, 0) is 18.2 Å². The molecule has 0 amide bonds. The third kappa shape index (κ3) is 3.36. The summed E-state index contributed by atoms with van der Waals surface area (Å²) in [5, 5.41) is 14.8. The average Bonchev–Trinajstić information content (AvgIpc) is 2.81. The average molecular weight is 318 g/mol. The molecular formula is C11H9Cl2N3O2S. The topological polar surface area (TPSA) is 88.2 Å². The molecule has 1 heterocycles. The van der Waals surface area contributed by atoms with E-state index in [1.165, 1.54) is 11.3 Å². The van der Waals surface area contributed by atoms with Gasteiger partial charge in [0, 0.05) is 11.1 Å². The molecule has 5 nitrogen and oxygen atoms in total. The number of aromatic nitrogens is 1. The monoisotopic (exact) mass is 317 g/mol. The minimum absolute atomic E-state index is 0.306. The van der Waals surface area contributed by atoms with Crippen molar-refractivity contribution in [2.24, 2.45) is 5.73 Å². The van der Waals surface area contributed by atoms with E-state index in [-0.39, 0.29) is 0 Å². The van der Waals surface area contributed by atoms with E-state index in [9.17, 15) is 4.79 Å². The predicted octanol–water partition coefficient (Wildman–Crippen LogP) is 3.28. The Morgan fingerprint density at radius 2 is 2.16 bits per heavy atom. The van der Waals surface area contributed by atoms with E-state index in [1.54, 1.807) is 23.6 Å². The van der Waals surface area contributed by atoms with Crippen LogP contribution in [-0.2, 0) is 4.79 Å². The molecule has 1 atom stereocenters. The van der Waals surface area contributed by atoms with E-state index in [0.29, 0.717) is 26.6 Å². The minimum Gasteiger partial charge on any atom is -0.480 e. The molecule has 0 bridgehead atoms. The predicted molar refractivity (Wildman–Crippen MR) is 76.4 cm³/mol. The maximum Gasteiger partial charge on any atom is 0.326 e. The molecule has 0 saturated heterocycles. The summed E-state index contributed by atoms with van der Waals surface area (Å²) in [5.74, 6) is -1.12. The number of hydrogen-bond acceptors (Lipinski definition) is 5. The lowest BCUT2D eigenvalue weighted by molar-refractivity contribution is -0.138. The number of halogens is 2. The molecule has 100 valence electrons. The van der Waals surface area contributed by atoms with E-state index in [0.717, 1.165) is 0 Å². The number of hydrogen-bond donors (Lipinski definition) is 3. The first kappa shape index (κ1) is 14.1. The van der Waals surface area contributed by atoms with Crippen molar-refractivity contribution in [3.63, 3.8) is 0 Å². The van der Waals surface area contributed by atoms with Gasteiger partial charge in [0.15, 0.2) is 5.13 Å². The van der Waals surface area contributed by atoms with Crippen LogP contribution < -0.4 is 11.1 Å². The first-order valence-electron chi connectivity index (χ1n) is 5.13. The van der Waals surface area contributed by atoms with E-state index in [4.69, 9.17) is 34.0 Å². The van der Waals surface area contributed by atoms with Gasteiger partial charge in [-0.2, -0.15) is 0 Å². The molecule has 4 N–H and O–H groups in total. The van der Waals surface area contributed by atoms with Crippen LogP contribution in [0.15, 0.2) is 23.6 Å². The zero-order valence-corrected chi connectivity index (χ0v) is 11.8. The first-order chi connectivity index (χ1) is 8.97. The normalized spacial score (nSPS) is 12.2. The fourth-order valence-electron chi connectivity index (χ4n) is 1.31. The molecule has 1 aromatic carbocycles. The molecule has 1 aromatic heterocycles. The molecule has 0 radical (unpaired) electrons. The third-order valence-corrected chi connectivity index (χ3v) is 3.79. The van der Waals surface area contributed by atoms with Gasteiger partial charge in [0.1, 0.15) is 6.04 Å². The summed E-state index contributed by atoms with van der Waals surface area (Å²) in [6.45, 7) is 0. The maximum atomic E-state index is 10.7. The Hall–Kier alpha value is -1.34. The van der Waals surface area contributed by atoms with Crippen molar-refractivity contribution in [1.29, 1.82) is 0 Å². The van der Waals surface area contributed by atoms with Gasteiger partial charge in [0.2, 0.25) is 0 Å². The molecule has 0 aliphatic heterocycles. The molecule has 2 rings (SSSR count). The SMILES string of the molecule is NC(C(=O)O)c1csc(Nc2ccc(Cl)c(Cl)c2)n1. The molecule has 19 heavy (non-hydrogen) atoms. The van der Waals surface area contributed by atoms with E-state index in [2.05, 4.69) is 10.3 Å². The molecule has 1 unspecified atom stereocenters. The van der Waals surface area contributed by atoms with Crippen molar-refractivity contribution in [2.75, 3.05) is 5.32 Å². The zero-order valence-electron chi connectivity index (χ0n) is 9.43. The number of carboxylic acids is 1. The number of nitrogens with one attached hydrogen (secondary N) is 1. The number of carbonyl (C=O) groups is 1. The second-order valence-electron chi connectivity index (χ2n) is 3.65. The van der Waals surface area contributed by atoms with Gasteiger partial charge in [0.05, 0.1) is 15.7 Å². The summed E-state index contributed by atoms with van der Waals surface area (Å²) >= 11 is 13.0. The zero-order chi connectivity index (χ0) is 14.0. The van der Waals surface area contributed by atoms with Crippen molar-refractivity contribution < 1.29 is 9.90 Å². The van der Waals surface area contributed by atoms with Crippen LogP contribution in [0.25, 0.3) is 0 Å². The maximum absolute atomic E-state index is 10.7. The van der Waals surface area contributed by atoms with Crippen LogP contribution in [0.5, 0.6) is 0 Å². The second kappa shape index (κ2) is 5.75. The van der Waals surface area contributed by atoms with Crippen LogP contribution in [0.2, 0.25) is 10.0 Å². The lowest BCUT2D eigenvalue weighted by Gasteiger charge is -2.04. The highest BCUT2D eigenvalue weighted by Crippen LogP contribution is 2.28. The number of anilines is 2. The lowest BCUT2D eigenvalue weighted by Crippen LogP contribution is -2.20. The molecule has 0 spiro atoms. The van der Waals surface area contributed by atoms with E-state index in [1.807, 2.05) is 0 Å². The quantitative estimate of drug-likeness (QED) is 0.805. The third-order valence-electron chi connectivity index (χ3n) is 2.28. The van der Waals surface area contributed by atoms with Crippen LogP contribution in [0, 0.1) is 0 Å². The smallest absolute Gasteiger partial charge is 0.326 e. The summed E-state index contributed by atoms with van der Waals surface area (Å²) in [6.07, 6.45) is 0. The highest BCUT2D eigenvalue weighted by atomic mass is 35.5. The number of nitrogens with zero attached hydrogens (tertiary/aromatic N) is 1. The van der Waals surface area contributed by atoms with Gasteiger partial charge in [0.25, 0.3) is 0 Å². The Balaban J connectivity index is 2.15. The number of nitrogens with two attached hydrogens (primary N) is 1. The lowest BCUT2D eigenvalue weighted by atomic mass is 10.2. The summed E-state index contributed by atoms with van der Waals surface area (Å²) in [4.78, 5) is 14.8. The van der Waals surface area contributed by atoms with Crippen LogP contribution in [0.1, 0.15) is 11.7 Å². The fraction of sp³-hybridized carbons (Fsp3) is 0.0909.